The number of methoxy groups -OCH3 is 1. The van der Waals surface area contributed by atoms with Crippen LogP contribution < -0.4 is 4.90 Å². The number of rotatable bonds is 4. The molecule has 1 aromatic rings. The van der Waals surface area contributed by atoms with Gasteiger partial charge in [-0.05, 0) is 30.4 Å². The molecule has 0 amide bonds. The Hall–Kier alpha value is -0.440. The van der Waals surface area contributed by atoms with Crippen LogP contribution in [0.1, 0.15) is 18.4 Å². The van der Waals surface area contributed by atoms with Gasteiger partial charge < -0.3 is 9.64 Å². The lowest BCUT2D eigenvalue weighted by molar-refractivity contribution is 0.139. The molecule has 0 atom stereocenters. The molecular formula is C14H19Cl2NO. The number of alkyl halides is 1. The van der Waals surface area contributed by atoms with E-state index < -0.39 is 0 Å². The molecule has 0 saturated carbocycles. The number of nitrogens with zero attached hydrogens (tertiary/aromatic N) is 1. The van der Waals surface area contributed by atoms with Crippen molar-refractivity contribution < 1.29 is 4.74 Å². The predicted molar refractivity (Wildman–Crippen MR) is 77.8 cm³/mol. The molecule has 0 spiro atoms. The van der Waals surface area contributed by atoms with Gasteiger partial charge in [-0.15, -0.1) is 11.6 Å². The van der Waals surface area contributed by atoms with Gasteiger partial charge in [0.25, 0.3) is 0 Å². The SMILES string of the molecule is COCC1CCN(c2c(Cl)cccc2CCl)CC1. The summed E-state index contributed by atoms with van der Waals surface area (Å²) in [4.78, 5) is 2.35. The monoisotopic (exact) mass is 287 g/mol. The molecule has 0 radical (unpaired) electrons. The van der Waals surface area contributed by atoms with Gasteiger partial charge in [0.2, 0.25) is 0 Å². The first-order chi connectivity index (χ1) is 8.76. The standard InChI is InChI=1S/C14H19Cl2NO/c1-18-10-11-5-7-17(8-6-11)14-12(9-15)3-2-4-13(14)16/h2-4,11H,5-10H2,1H3. The summed E-state index contributed by atoms with van der Waals surface area (Å²) in [5, 5.41) is 0.804. The predicted octanol–water partition coefficient (Wildman–Crippen LogP) is 3.94. The molecular weight excluding hydrogens is 269 g/mol. The molecule has 0 aromatic heterocycles. The third-order valence-electron chi connectivity index (χ3n) is 3.55. The Morgan fingerprint density at radius 3 is 2.67 bits per heavy atom. The van der Waals surface area contributed by atoms with Gasteiger partial charge >= 0.3 is 0 Å². The Labute approximate surface area is 119 Å². The maximum atomic E-state index is 6.31. The third kappa shape index (κ3) is 3.11. The summed E-state index contributed by atoms with van der Waals surface area (Å²) in [5.41, 5.74) is 2.24. The molecule has 0 unspecified atom stereocenters. The van der Waals surface area contributed by atoms with Gasteiger partial charge in [0.05, 0.1) is 10.7 Å². The molecule has 1 heterocycles. The topological polar surface area (TPSA) is 12.5 Å². The van der Waals surface area contributed by atoms with E-state index in [0.29, 0.717) is 11.8 Å². The molecule has 1 saturated heterocycles. The maximum Gasteiger partial charge on any atom is 0.0642 e. The van der Waals surface area contributed by atoms with Gasteiger partial charge in [-0.2, -0.15) is 0 Å². The van der Waals surface area contributed by atoms with E-state index in [2.05, 4.69) is 11.0 Å². The van der Waals surface area contributed by atoms with Crippen LogP contribution in [0.3, 0.4) is 0 Å². The first kappa shape index (κ1) is 14.0. The number of para-hydroxylation sites is 1. The van der Waals surface area contributed by atoms with Crippen LogP contribution >= 0.6 is 23.2 Å². The van der Waals surface area contributed by atoms with Crippen LogP contribution in [0.15, 0.2) is 18.2 Å². The Morgan fingerprint density at radius 2 is 2.06 bits per heavy atom. The second kappa shape index (κ2) is 6.65. The number of halogens is 2. The van der Waals surface area contributed by atoms with Crippen LogP contribution in [0.4, 0.5) is 5.69 Å². The molecule has 1 aliphatic rings. The van der Waals surface area contributed by atoms with E-state index in [4.69, 9.17) is 27.9 Å². The molecule has 0 aliphatic carbocycles. The lowest BCUT2D eigenvalue weighted by atomic mass is 9.97. The molecule has 100 valence electrons. The largest absolute Gasteiger partial charge is 0.384 e. The highest BCUT2D eigenvalue weighted by atomic mass is 35.5. The van der Waals surface area contributed by atoms with Crippen LogP contribution in [0, 0.1) is 5.92 Å². The molecule has 1 aromatic carbocycles. The van der Waals surface area contributed by atoms with Gasteiger partial charge in [0.15, 0.2) is 0 Å². The Morgan fingerprint density at radius 1 is 1.33 bits per heavy atom. The average Bonchev–Trinajstić information content (AvgIpc) is 2.40. The third-order valence-corrected chi connectivity index (χ3v) is 4.14. The smallest absolute Gasteiger partial charge is 0.0642 e. The van der Waals surface area contributed by atoms with Crippen molar-refractivity contribution in [2.45, 2.75) is 18.7 Å². The minimum atomic E-state index is 0.508. The van der Waals surface area contributed by atoms with Crippen LogP contribution in [0.25, 0.3) is 0 Å². The zero-order valence-corrected chi connectivity index (χ0v) is 12.2. The van der Waals surface area contributed by atoms with E-state index in [1.807, 2.05) is 12.1 Å². The minimum Gasteiger partial charge on any atom is -0.384 e. The van der Waals surface area contributed by atoms with E-state index in [9.17, 15) is 0 Å². The lowest BCUT2D eigenvalue weighted by Gasteiger charge is -2.35. The Balaban J connectivity index is 2.09. The fraction of sp³-hybridized carbons (Fsp3) is 0.571. The summed E-state index contributed by atoms with van der Waals surface area (Å²) in [6.07, 6.45) is 2.31. The zero-order valence-electron chi connectivity index (χ0n) is 10.7. The molecule has 2 nitrogen and oxygen atoms in total. The van der Waals surface area contributed by atoms with E-state index >= 15 is 0 Å². The molecule has 4 heteroatoms. The highest BCUT2D eigenvalue weighted by molar-refractivity contribution is 6.33. The number of ether oxygens (including phenoxy) is 1. The van der Waals surface area contributed by atoms with Crippen LogP contribution in [-0.2, 0) is 10.6 Å². The van der Waals surface area contributed by atoms with Gasteiger partial charge in [0.1, 0.15) is 0 Å². The summed E-state index contributed by atoms with van der Waals surface area (Å²) in [6, 6.07) is 5.95. The van der Waals surface area contributed by atoms with Crippen molar-refractivity contribution in [2.75, 3.05) is 31.7 Å². The molecule has 1 aliphatic heterocycles. The normalized spacial score (nSPS) is 17.2. The van der Waals surface area contributed by atoms with Gasteiger partial charge in [-0.1, -0.05) is 23.7 Å². The maximum absolute atomic E-state index is 6.31. The fourth-order valence-electron chi connectivity index (χ4n) is 2.58. The van der Waals surface area contributed by atoms with Crippen molar-refractivity contribution in [1.82, 2.24) is 0 Å². The lowest BCUT2D eigenvalue weighted by Crippen LogP contribution is -2.35. The molecule has 2 rings (SSSR count). The van der Waals surface area contributed by atoms with Crippen molar-refractivity contribution in [3.63, 3.8) is 0 Å². The quantitative estimate of drug-likeness (QED) is 0.778. The fourth-order valence-corrected chi connectivity index (χ4v) is 3.11. The number of hydrogen-bond acceptors (Lipinski definition) is 2. The van der Waals surface area contributed by atoms with Crippen LogP contribution in [0.2, 0.25) is 5.02 Å². The second-order valence-corrected chi connectivity index (χ2v) is 5.44. The highest BCUT2D eigenvalue weighted by Gasteiger charge is 2.22. The first-order valence-corrected chi connectivity index (χ1v) is 7.24. The van der Waals surface area contributed by atoms with Crippen molar-refractivity contribution in [3.8, 4) is 0 Å². The summed E-state index contributed by atoms with van der Waals surface area (Å²) in [5.74, 6) is 1.18. The number of benzene rings is 1. The Kier molecular flexibility index (Phi) is 5.16. The average molecular weight is 288 g/mol. The van der Waals surface area contributed by atoms with Gasteiger partial charge in [-0.25, -0.2) is 0 Å². The van der Waals surface area contributed by atoms with E-state index in [1.165, 1.54) is 0 Å². The highest BCUT2D eigenvalue weighted by Crippen LogP contribution is 2.33. The summed E-state index contributed by atoms with van der Waals surface area (Å²) in [7, 11) is 1.77. The first-order valence-electron chi connectivity index (χ1n) is 6.33. The van der Waals surface area contributed by atoms with Crippen molar-refractivity contribution in [3.05, 3.63) is 28.8 Å². The van der Waals surface area contributed by atoms with Crippen molar-refractivity contribution in [1.29, 1.82) is 0 Å². The van der Waals surface area contributed by atoms with E-state index in [-0.39, 0.29) is 0 Å². The summed E-state index contributed by atoms with van der Waals surface area (Å²) in [6.45, 7) is 2.92. The summed E-state index contributed by atoms with van der Waals surface area (Å²) < 4.78 is 5.23. The van der Waals surface area contributed by atoms with Crippen LogP contribution in [0.5, 0.6) is 0 Å². The van der Waals surface area contributed by atoms with E-state index in [1.54, 1.807) is 7.11 Å². The number of anilines is 1. The second-order valence-electron chi connectivity index (χ2n) is 4.77. The zero-order chi connectivity index (χ0) is 13.0. The minimum absolute atomic E-state index is 0.508. The van der Waals surface area contributed by atoms with E-state index in [0.717, 1.165) is 48.8 Å². The van der Waals surface area contributed by atoms with Crippen molar-refractivity contribution >= 4 is 28.9 Å². The van der Waals surface area contributed by atoms with Crippen molar-refractivity contribution in [2.24, 2.45) is 5.92 Å². The Bertz CT molecular complexity index is 389. The van der Waals surface area contributed by atoms with Gasteiger partial charge in [0, 0.05) is 32.7 Å². The molecule has 18 heavy (non-hydrogen) atoms. The van der Waals surface area contributed by atoms with Gasteiger partial charge in [-0.3, -0.25) is 0 Å². The molecule has 0 bridgehead atoms. The van der Waals surface area contributed by atoms with Crippen LogP contribution in [-0.4, -0.2) is 26.8 Å². The summed E-state index contributed by atoms with van der Waals surface area (Å²) >= 11 is 12.3. The number of piperidine rings is 1. The molecule has 0 N–H and O–H groups in total. The molecule has 1 fully saturated rings. The number of hydrogen-bond donors (Lipinski definition) is 0.